The van der Waals surface area contributed by atoms with Crippen LogP contribution in [0.15, 0.2) is 146 Å². The van der Waals surface area contributed by atoms with Crippen LogP contribution in [-0.2, 0) is 5.41 Å². The Morgan fingerprint density at radius 1 is 0.367 bits per heavy atom. The van der Waals surface area contributed by atoms with E-state index in [2.05, 4.69) is 159 Å². The average Bonchev–Trinajstić information content (AvgIpc) is 3.77. The van der Waals surface area contributed by atoms with Crippen LogP contribution < -0.4 is 0 Å². The van der Waals surface area contributed by atoms with Crippen molar-refractivity contribution in [1.82, 2.24) is 0 Å². The van der Waals surface area contributed by atoms with Gasteiger partial charge in [-0.05, 0) is 102 Å². The molecule has 0 bridgehead atoms. The predicted octanol–water partition coefficient (Wildman–Crippen LogP) is 14.4. The molecule has 0 spiro atoms. The minimum atomic E-state index is -0.0101. The topological polar surface area (TPSA) is 0 Å². The monoisotopic (exact) mass is 658 g/mol. The summed E-state index contributed by atoms with van der Waals surface area (Å²) in [7, 11) is 0. The molecule has 0 fully saturated rings. The molecule has 230 valence electrons. The second-order valence-corrected chi connectivity index (χ2v) is 16.2. The molecule has 2 heterocycles. The maximum Gasteiger partial charge on any atom is 0.0362 e. The predicted molar refractivity (Wildman–Crippen MR) is 216 cm³/mol. The van der Waals surface area contributed by atoms with Crippen LogP contribution in [0, 0.1) is 0 Å². The Kier molecular flexibility index (Phi) is 5.58. The molecule has 8 aromatic carbocycles. The lowest BCUT2D eigenvalue weighted by Crippen LogP contribution is -2.14. The van der Waals surface area contributed by atoms with Crippen molar-refractivity contribution in [2.24, 2.45) is 0 Å². The highest BCUT2D eigenvalue weighted by molar-refractivity contribution is 7.28. The van der Waals surface area contributed by atoms with Crippen molar-refractivity contribution >= 4 is 84.6 Å². The Bertz CT molecular complexity index is 2970. The number of benzene rings is 8. The molecule has 0 unspecified atom stereocenters. The van der Waals surface area contributed by atoms with Gasteiger partial charge in [-0.15, -0.1) is 22.7 Å². The zero-order valence-corrected chi connectivity index (χ0v) is 28.8. The molecule has 0 saturated carbocycles. The Balaban J connectivity index is 1.20. The summed E-state index contributed by atoms with van der Waals surface area (Å²) in [6.07, 6.45) is 0. The number of fused-ring (bicyclic) bond motifs is 12. The highest BCUT2D eigenvalue weighted by Crippen LogP contribution is 2.52. The Morgan fingerprint density at radius 2 is 0.837 bits per heavy atom. The fourth-order valence-corrected chi connectivity index (χ4v) is 11.1. The lowest BCUT2D eigenvalue weighted by atomic mass is 9.81. The largest absolute Gasteiger partial charge is 0.135 e. The average molecular weight is 659 g/mol. The van der Waals surface area contributed by atoms with Crippen molar-refractivity contribution in [3.63, 3.8) is 0 Å². The molecule has 0 radical (unpaired) electrons. The van der Waals surface area contributed by atoms with Crippen LogP contribution in [0.3, 0.4) is 0 Å². The Hall–Kier alpha value is -5.28. The quantitative estimate of drug-likeness (QED) is 0.162. The first-order valence-electron chi connectivity index (χ1n) is 17.0. The van der Waals surface area contributed by atoms with Crippen molar-refractivity contribution in [1.29, 1.82) is 0 Å². The van der Waals surface area contributed by atoms with Gasteiger partial charge in [-0.3, -0.25) is 0 Å². The molecule has 2 heteroatoms. The molecule has 10 aromatic rings. The summed E-state index contributed by atoms with van der Waals surface area (Å²) < 4.78 is 5.41. The van der Waals surface area contributed by atoms with Crippen LogP contribution in [0.25, 0.3) is 95.3 Å². The summed E-state index contributed by atoms with van der Waals surface area (Å²) in [6.45, 7) is 4.71. The van der Waals surface area contributed by atoms with E-state index in [9.17, 15) is 0 Å². The van der Waals surface area contributed by atoms with Crippen molar-refractivity contribution in [3.05, 3.63) is 157 Å². The van der Waals surface area contributed by atoms with Gasteiger partial charge in [0.25, 0.3) is 0 Å². The van der Waals surface area contributed by atoms with Crippen LogP contribution in [-0.4, -0.2) is 0 Å². The molecule has 11 rings (SSSR count). The first-order chi connectivity index (χ1) is 24.1. The molecule has 1 aliphatic rings. The van der Waals surface area contributed by atoms with E-state index in [1.54, 1.807) is 0 Å². The summed E-state index contributed by atoms with van der Waals surface area (Å²) in [4.78, 5) is 0. The lowest BCUT2D eigenvalue weighted by Gasteiger charge is -2.22. The fraction of sp³-hybridized carbons (Fsp3) is 0.0638. The third-order valence-electron chi connectivity index (χ3n) is 11.1. The van der Waals surface area contributed by atoms with Gasteiger partial charge in [0, 0.05) is 45.8 Å². The summed E-state index contributed by atoms with van der Waals surface area (Å²) in [5, 5.41) is 10.7. The third-order valence-corrected chi connectivity index (χ3v) is 13.3. The van der Waals surface area contributed by atoms with E-state index in [-0.39, 0.29) is 5.41 Å². The maximum absolute atomic E-state index is 2.47. The molecule has 0 saturated heterocycles. The molecule has 0 amide bonds. The number of hydrogen-bond acceptors (Lipinski definition) is 2. The van der Waals surface area contributed by atoms with Crippen LogP contribution in [0.4, 0.5) is 0 Å². The lowest BCUT2D eigenvalue weighted by molar-refractivity contribution is 0.660. The van der Waals surface area contributed by atoms with Crippen molar-refractivity contribution in [2.75, 3.05) is 0 Å². The third kappa shape index (κ3) is 3.73. The summed E-state index contributed by atoms with van der Waals surface area (Å²) in [5.74, 6) is 0. The van der Waals surface area contributed by atoms with E-state index in [0.717, 1.165) is 0 Å². The second-order valence-electron chi connectivity index (χ2n) is 14.0. The number of hydrogen-bond donors (Lipinski definition) is 0. The fourth-order valence-electron chi connectivity index (χ4n) is 8.86. The van der Waals surface area contributed by atoms with Gasteiger partial charge < -0.3 is 0 Å². The molecule has 0 atom stereocenters. The van der Waals surface area contributed by atoms with Gasteiger partial charge in [-0.25, -0.2) is 0 Å². The van der Waals surface area contributed by atoms with E-state index in [1.807, 2.05) is 22.7 Å². The molecule has 2 aromatic heterocycles. The molecule has 49 heavy (non-hydrogen) atoms. The van der Waals surface area contributed by atoms with E-state index in [4.69, 9.17) is 0 Å². The standard InChI is InChI=1S/C47H30S2/c1-47(2)37-17-9-7-11-29(37)35-25-27(19-21-38(35)47)43-30-12-3-5-14-32(30)44(33-15-6-4-13-31(33)43)28-20-22-40-36(26-28)46-42(49-40)24-23-41-45(46)34-16-8-10-18-39(34)48-41/h3-26H,1-2H3. The molecular formula is C47H30S2. The van der Waals surface area contributed by atoms with Crippen LogP contribution in [0.1, 0.15) is 25.0 Å². The van der Waals surface area contributed by atoms with Crippen molar-refractivity contribution < 1.29 is 0 Å². The molecule has 0 nitrogen and oxygen atoms in total. The van der Waals surface area contributed by atoms with Gasteiger partial charge in [-0.1, -0.05) is 123 Å². The van der Waals surface area contributed by atoms with Gasteiger partial charge in [0.1, 0.15) is 0 Å². The van der Waals surface area contributed by atoms with Gasteiger partial charge in [0.15, 0.2) is 0 Å². The van der Waals surface area contributed by atoms with Gasteiger partial charge in [0.05, 0.1) is 0 Å². The van der Waals surface area contributed by atoms with E-state index < -0.39 is 0 Å². The van der Waals surface area contributed by atoms with Gasteiger partial charge >= 0.3 is 0 Å². The van der Waals surface area contributed by atoms with E-state index in [0.29, 0.717) is 0 Å². The van der Waals surface area contributed by atoms with Gasteiger partial charge in [0.2, 0.25) is 0 Å². The zero-order valence-electron chi connectivity index (χ0n) is 27.2. The molecular weight excluding hydrogens is 629 g/mol. The SMILES string of the molecule is CC1(C)c2ccccc2-c2cc(-c3c4ccccc4c(-c4ccc5sc6ccc7sc8ccccc8c7c6c5c4)c4ccccc34)ccc21. The van der Waals surface area contributed by atoms with E-state index >= 15 is 0 Å². The maximum atomic E-state index is 2.47. The van der Waals surface area contributed by atoms with Crippen LogP contribution in [0.5, 0.6) is 0 Å². The van der Waals surface area contributed by atoms with Gasteiger partial charge in [-0.2, -0.15) is 0 Å². The smallest absolute Gasteiger partial charge is 0.0362 e. The van der Waals surface area contributed by atoms with E-state index in [1.165, 1.54) is 106 Å². The van der Waals surface area contributed by atoms with Crippen molar-refractivity contribution in [3.8, 4) is 33.4 Å². The normalized spacial score (nSPS) is 13.7. The zero-order chi connectivity index (χ0) is 32.4. The molecule has 0 N–H and O–H groups in total. The first-order valence-corrected chi connectivity index (χ1v) is 18.6. The van der Waals surface area contributed by atoms with Crippen molar-refractivity contribution in [2.45, 2.75) is 19.3 Å². The summed E-state index contributed by atoms with van der Waals surface area (Å²) in [5.41, 5.74) is 10.7. The highest BCUT2D eigenvalue weighted by Gasteiger charge is 2.35. The number of rotatable bonds is 2. The Morgan fingerprint density at radius 3 is 1.51 bits per heavy atom. The minimum absolute atomic E-state index is 0.0101. The Labute approximate surface area is 292 Å². The molecule has 0 aliphatic heterocycles. The minimum Gasteiger partial charge on any atom is -0.135 e. The van der Waals surface area contributed by atoms with Crippen LogP contribution in [0.2, 0.25) is 0 Å². The number of thiophene rings is 2. The highest BCUT2D eigenvalue weighted by atomic mass is 32.1. The summed E-state index contributed by atoms with van der Waals surface area (Å²) in [6, 6.07) is 54.9. The molecule has 1 aliphatic carbocycles. The first kappa shape index (κ1) is 27.6. The second kappa shape index (κ2) is 9.89. The summed E-state index contributed by atoms with van der Waals surface area (Å²) >= 11 is 3.81. The van der Waals surface area contributed by atoms with Crippen LogP contribution >= 0.6 is 22.7 Å².